The molecule has 104 valence electrons. The molecule has 0 bridgehead atoms. The molecule has 0 aromatic heterocycles. The molecule has 0 spiro atoms. The molecule has 1 fully saturated rings. The maximum Gasteiger partial charge on any atom is 0.328 e. The lowest BCUT2D eigenvalue weighted by Gasteiger charge is -2.28. The summed E-state index contributed by atoms with van der Waals surface area (Å²) in [6, 6.07) is 4.13. The first kappa shape index (κ1) is 13.7. The van der Waals surface area contributed by atoms with Crippen LogP contribution in [0, 0.1) is 5.82 Å². The summed E-state index contributed by atoms with van der Waals surface area (Å²) < 4.78 is 13.8. The Hall–Kier alpha value is -2.70. The van der Waals surface area contributed by atoms with Gasteiger partial charge in [-0.1, -0.05) is 6.07 Å². The molecular formula is C13H11FN2O4. The number of carboxylic acids is 1. The Morgan fingerprint density at radius 1 is 1.30 bits per heavy atom. The highest BCUT2D eigenvalue weighted by atomic mass is 19.1. The van der Waals surface area contributed by atoms with Crippen molar-refractivity contribution in [1.29, 1.82) is 0 Å². The number of nitrogens with zero attached hydrogens (tertiary/aromatic N) is 1. The van der Waals surface area contributed by atoms with Crippen molar-refractivity contribution in [3.05, 3.63) is 35.7 Å². The molecule has 6 nitrogen and oxygen atoms in total. The number of hydrogen-bond acceptors (Lipinski definition) is 4. The van der Waals surface area contributed by atoms with E-state index >= 15 is 0 Å². The molecule has 0 unspecified atom stereocenters. The highest BCUT2D eigenvalue weighted by Crippen LogP contribution is 2.25. The fourth-order valence-corrected chi connectivity index (χ4v) is 1.93. The van der Waals surface area contributed by atoms with Gasteiger partial charge in [-0.15, -0.1) is 0 Å². The Morgan fingerprint density at radius 3 is 2.55 bits per heavy atom. The smallest absolute Gasteiger partial charge is 0.328 e. The predicted molar refractivity (Wildman–Crippen MR) is 68.4 cm³/mol. The van der Waals surface area contributed by atoms with Crippen LogP contribution in [0.3, 0.4) is 0 Å². The van der Waals surface area contributed by atoms with Crippen LogP contribution in [-0.4, -0.2) is 36.0 Å². The van der Waals surface area contributed by atoms with Crippen LogP contribution in [-0.2, 0) is 14.4 Å². The Bertz CT molecular complexity index is 596. The lowest BCUT2D eigenvalue weighted by Crippen LogP contribution is -2.51. The number of amides is 2. The van der Waals surface area contributed by atoms with Crippen molar-refractivity contribution in [1.82, 2.24) is 5.32 Å². The Kier molecular flexibility index (Phi) is 3.79. The normalized spacial score (nSPS) is 15.6. The molecule has 0 atom stereocenters. The van der Waals surface area contributed by atoms with Crippen molar-refractivity contribution in [2.75, 3.05) is 18.0 Å². The number of rotatable bonds is 3. The predicted octanol–water partition coefficient (Wildman–Crippen LogP) is 0.386. The van der Waals surface area contributed by atoms with Gasteiger partial charge in [0.25, 0.3) is 0 Å². The van der Waals surface area contributed by atoms with Crippen molar-refractivity contribution in [3.8, 4) is 0 Å². The van der Waals surface area contributed by atoms with Crippen LogP contribution in [0.1, 0.15) is 5.56 Å². The van der Waals surface area contributed by atoms with E-state index in [0.29, 0.717) is 5.69 Å². The summed E-state index contributed by atoms with van der Waals surface area (Å²) in [5, 5.41) is 10.7. The maximum absolute atomic E-state index is 13.8. The van der Waals surface area contributed by atoms with Crippen LogP contribution < -0.4 is 10.2 Å². The number of piperazine rings is 1. The average Bonchev–Trinajstić information content (AvgIpc) is 2.35. The molecule has 0 aliphatic carbocycles. The summed E-state index contributed by atoms with van der Waals surface area (Å²) in [6.07, 6.45) is 1.90. The van der Waals surface area contributed by atoms with E-state index in [4.69, 9.17) is 5.11 Å². The Morgan fingerprint density at radius 2 is 1.95 bits per heavy atom. The molecule has 0 saturated carbocycles. The zero-order valence-corrected chi connectivity index (χ0v) is 10.3. The van der Waals surface area contributed by atoms with E-state index in [1.54, 1.807) is 0 Å². The van der Waals surface area contributed by atoms with Crippen molar-refractivity contribution >= 4 is 29.5 Å². The summed E-state index contributed by atoms with van der Waals surface area (Å²) >= 11 is 0. The third kappa shape index (κ3) is 3.00. The van der Waals surface area contributed by atoms with Crippen molar-refractivity contribution in [2.45, 2.75) is 0 Å². The fraction of sp³-hybridized carbons (Fsp3) is 0.154. The highest BCUT2D eigenvalue weighted by molar-refractivity contribution is 6.03. The molecule has 1 aliphatic rings. The third-order valence-corrected chi connectivity index (χ3v) is 2.71. The summed E-state index contributed by atoms with van der Waals surface area (Å²) in [5.74, 6) is -2.82. The zero-order chi connectivity index (χ0) is 14.7. The second kappa shape index (κ2) is 5.52. The van der Waals surface area contributed by atoms with Gasteiger partial charge in [-0.2, -0.15) is 0 Å². The lowest BCUT2D eigenvalue weighted by atomic mass is 10.1. The van der Waals surface area contributed by atoms with E-state index in [1.807, 2.05) is 0 Å². The van der Waals surface area contributed by atoms with Gasteiger partial charge in [0, 0.05) is 17.3 Å². The lowest BCUT2D eigenvalue weighted by molar-refractivity contribution is -0.132. The van der Waals surface area contributed by atoms with Gasteiger partial charge in [0.05, 0.1) is 13.1 Å². The summed E-state index contributed by atoms with van der Waals surface area (Å²) in [5.41, 5.74) is 0.322. The number of aliphatic carboxylic acids is 1. The van der Waals surface area contributed by atoms with Crippen molar-refractivity contribution in [2.24, 2.45) is 0 Å². The number of imide groups is 1. The van der Waals surface area contributed by atoms with Gasteiger partial charge in [-0.3, -0.25) is 14.9 Å². The number of carbonyl (C=O) groups is 3. The molecule has 1 aromatic rings. The molecule has 20 heavy (non-hydrogen) atoms. The average molecular weight is 278 g/mol. The van der Waals surface area contributed by atoms with Crippen LogP contribution in [0.2, 0.25) is 0 Å². The summed E-state index contributed by atoms with van der Waals surface area (Å²) in [6.45, 7) is -0.188. The minimum atomic E-state index is -1.22. The number of benzene rings is 1. The minimum absolute atomic E-state index is 0.0254. The van der Waals surface area contributed by atoms with Crippen molar-refractivity contribution in [3.63, 3.8) is 0 Å². The Labute approximate surface area is 113 Å². The maximum atomic E-state index is 13.8. The monoisotopic (exact) mass is 278 g/mol. The number of halogens is 1. The highest BCUT2D eigenvalue weighted by Gasteiger charge is 2.24. The van der Waals surface area contributed by atoms with Gasteiger partial charge in [0.1, 0.15) is 5.82 Å². The summed E-state index contributed by atoms with van der Waals surface area (Å²) in [7, 11) is 0. The van der Waals surface area contributed by atoms with E-state index in [9.17, 15) is 18.8 Å². The van der Waals surface area contributed by atoms with Crippen LogP contribution in [0.5, 0.6) is 0 Å². The number of nitrogens with one attached hydrogen (secondary N) is 1. The van der Waals surface area contributed by atoms with E-state index in [0.717, 1.165) is 12.2 Å². The molecule has 2 rings (SSSR count). The van der Waals surface area contributed by atoms with Crippen molar-refractivity contribution < 1.29 is 23.9 Å². The van der Waals surface area contributed by atoms with Crippen LogP contribution in [0.15, 0.2) is 24.3 Å². The molecule has 0 radical (unpaired) electrons. The topological polar surface area (TPSA) is 86.7 Å². The van der Waals surface area contributed by atoms with Gasteiger partial charge in [0.2, 0.25) is 11.8 Å². The molecule has 2 N–H and O–H groups in total. The number of carboxylic acid groups (broad SMARTS) is 1. The quantitative estimate of drug-likeness (QED) is 0.617. The van der Waals surface area contributed by atoms with Crippen LogP contribution >= 0.6 is 0 Å². The molecule has 1 aliphatic heterocycles. The van der Waals surface area contributed by atoms with E-state index in [2.05, 4.69) is 5.32 Å². The molecular weight excluding hydrogens is 267 g/mol. The van der Waals surface area contributed by atoms with Gasteiger partial charge in [0.15, 0.2) is 0 Å². The van der Waals surface area contributed by atoms with E-state index in [1.165, 1.54) is 23.1 Å². The summed E-state index contributed by atoms with van der Waals surface area (Å²) in [4.78, 5) is 34.6. The number of anilines is 1. The van der Waals surface area contributed by atoms with Crippen LogP contribution in [0.4, 0.5) is 10.1 Å². The third-order valence-electron chi connectivity index (χ3n) is 2.71. The Balaban J connectivity index is 2.40. The molecule has 7 heteroatoms. The standard InChI is InChI=1S/C13H11FN2O4/c14-9-2-1-3-10(8(9)4-5-13(19)20)16-6-11(17)15-12(18)7-16/h1-5H,6-7H2,(H,19,20)(H,15,17,18)/b5-4+. The first-order valence-corrected chi connectivity index (χ1v) is 5.74. The van der Waals surface area contributed by atoms with Gasteiger partial charge in [-0.05, 0) is 18.2 Å². The SMILES string of the molecule is O=C(O)/C=C/c1c(F)cccc1N1CC(=O)NC(=O)C1. The molecule has 2 amide bonds. The molecule has 1 heterocycles. The first-order valence-electron chi connectivity index (χ1n) is 5.74. The fourth-order valence-electron chi connectivity index (χ4n) is 1.93. The second-order valence-corrected chi connectivity index (χ2v) is 4.17. The van der Waals surface area contributed by atoms with Gasteiger partial charge in [-0.25, -0.2) is 9.18 Å². The number of carbonyl (C=O) groups excluding carboxylic acids is 2. The van der Waals surface area contributed by atoms with E-state index in [-0.39, 0.29) is 18.7 Å². The number of hydrogen-bond donors (Lipinski definition) is 2. The second-order valence-electron chi connectivity index (χ2n) is 4.17. The van der Waals surface area contributed by atoms with Gasteiger partial charge >= 0.3 is 5.97 Å². The van der Waals surface area contributed by atoms with E-state index < -0.39 is 23.6 Å². The van der Waals surface area contributed by atoms with Gasteiger partial charge < -0.3 is 10.0 Å². The van der Waals surface area contributed by atoms with Crippen LogP contribution in [0.25, 0.3) is 6.08 Å². The molecule has 1 saturated heterocycles. The minimum Gasteiger partial charge on any atom is -0.478 e. The zero-order valence-electron chi connectivity index (χ0n) is 10.3. The molecule has 1 aromatic carbocycles. The first-order chi connectivity index (χ1) is 9.47. The largest absolute Gasteiger partial charge is 0.478 e.